The summed E-state index contributed by atoms with van der Waals surface area (Å²) in [4.78, 5) is 18.9. The molecule has 0 amide bonds. The third kappa shape index (κ3) is 4.78. The highest BCUT2D eigenvalue weighted by Gasteiger charge is 2.10. The van der Waals surface area contributed by atoms with Crippen molar-refractivity contribution in [3.8, 4) is 17.4 Å². The normalized spacial score (nSPS) is 11.3. The van der Waals surface area contributed by atoms with Crippen LogP contribution < -0.4 is 10.3 Å². The lowest BCUT2D eigenvalue weighted by Crippen LogP contribution is -2.08. The molecule has 0 atom stereocenters. The van der Waals surface area contributed by atoms with Gasteiger partial charge in [0.2, 0.25) is 5.88 Å². The highest BCUT2D eigenvalue weighted by atomic mass is 79.9. The van der Waals surface area contributed by atoms with Crippen LogP contribution in [0.25, 0.3) is 10.8 Å². The zero-order chi connectivity index (χ0) is 21.8. The van der Waals surface area contributed by atoms with Gasteiger partial charge in [0.1, 0.15) is 6.61 Å². The van der Waals surface area contributed by atoms with E-state index in [4.69, 9.17) is 4.74 Å². The van der Waals surface area contributed by atoms with E-state index in [1.165, 1.54) is 6.21 Å². The lowest BCUT2D eigenvalue weighted by Gasteiger charge is -2.09. The van der Waals surface area contributed by atoms with E-state index in [-0.39, 0.29) is 23.7 Å². The number of aromatic nitrogens is 1. The van der Waals surface area contributed by atoms with Crippen molar-refractivity contribution < 1.29 is 14.9 Å². The van der Waals surface area contributed by atoms with Crippen LogP contribution in [0, 0.1) is 0 Å². The van der Waals surface area contributed by atoms with Crippen LogP contribution in [0.15, 0.2) is 81.0 Å². The molecule has 1 aromatic heterocycles. The van der Waals surface area contributed by atoms with Crippen molar-refractivity contribution in [3.63, 3.8) is 0 Å². The summed E-state index contributed by atoms with van der Waals surface area (Å²) in [7, 11) is 0. The molecular formula is C24H19BrN2O4. The molecule has 3 aromatic carbocycles. The van der Waals surface area contributed by atoms with Gasteiger partial charge >= 0.3 is 0 Å². The van der Waals surface area contributed by atoms with Gasteiger partial charge in [0.05, 0.1) is 12.1 Å². The number of halogens is 1. The fourth-order valence-corrected chi connectivity index (χ4v) is 3.56. The number of benzene rings is 3. The number of aromatic amines is 1. The predicted octanol–water partition coefficient (Wildman–Crippen LogP) is 4.90. The van der Waals surface area contributed by atoms with E-state index >= 15 is 0 Å². The summed E-state index contributed by atoms with van der Waals surface area (Å²) in [6.45, 7) is 0.639. The number of pyridine rings is 1. The highest BCUT2D eigenvalue weighted by molar-refractivity contribution is 9.10. The van der Waals surface area contributed by atoms with Gasteiger partial charge in [0, 0.05) is 21.5 Å². The first kappa shape index (κ1) is 20.7. The molecule has 0 spiro atoms. The van der Waals surface area contributed by atoms with E-state index in [1.54, 1.807) is 30.3 Å². The maximum absolute atomic E-state index is 12.1. The summed E-state index contributed by atoms with van der Waals surface area (Å²) < 4.78 is 6.47. The predicted molar refractivity (Wildman–Crippen MR) is 124 cm³/mol. The fourth-order valence-electron chi connectivity index (χ4n) is 3.20. The van der Waals surface area contributed by atoms with E-state index in [2.05, 4.69) is 25.9 Å². The number of phenolic OH excluding ortho intramolecular Hbond substituents is 1. The summed E-state index contributed by atoms with van der Waals surface area (Å²) in [6, 6.07) is 20.0. The van der Waals surface area contributed by atoms with Crippen molar-refractivity contribution in [3.05, 3.63) is 98.2 Å². The van der Waals surface area contributed by atoms with Gasteiger partial charge in [0.15, 0.2) is 11.5 Å². The van der Waals surface area contributed by atoms with Crippen LogP contribution >= 0.6 is 15.9 Å². The van der Waals surface area contributed by atoms with E-state index in [0.717, 1.165) is 15.6 Å². The second-order valence-corrected chi connectivity index (χ2v) is 7.87. The summed E-state index contributed by atoms with van der Waals surface area (Å²) in [5.41, 5.74) is 1.83. The number of ether oxygens (including phenoxy) is 1. The molecule has 0 unspecified atom stereocenters. The van der Waals surface area contributed by atoms with Gasteiger partial charge in [-0.2, -0.15) is 0 Å². The molecule has 0 saturated carbocycles. The molecule has 0 bridgehead atoms. The molecule has 0 fully saturated rings. The molecule has 4 rings (SSSR count). The number of phenols is 1. The van der Waals surface area contributed by atoms with Crippen molar-refractivity contribution in [2.45, 2.75) is 13.2 Å². The Morgan fingerprint density at radius 2 is 1.77 bits per heavy atom. The van der Waals surface area contributed by atoms with Gasteiger partial charge in [0.25, 0.3) is 5.56 Å². The SMILES string of the molecule is O=c1[nH]c(O)c(C=NCc2ccc(OCc3ccccc3)c(O)c2)c2cc(Br)ccc12. The van der Waals surface area contributed by atoms with Crippen LogP contribution in [0.1, 0.15) is 16.7 Å². The van der Waals surface area contributed by atoms with E-state index in [1.807, 2.05) is 36.4 Å². The van der Waals surface area contributed by atoms with Gasteiger partial charge < -0.3 is 14.9 Å². The fraction of sp³-hybridized carbons (Fsp3) is 0.0833. The number of H-pyrrole nitrogens is 1. The van der Waals surface area contributed by atoms with Crippen LogP contribution in [0.2, 0.25) is 0 Å². The van der Waals surface area contributed by atoms with Gasteiger partial charge in [-0.3, -0.25) is 14.8 Å². The summed E-state index contributed by atoms with van der Waals surface area (Å²) >= 11 is 3.38. The molecule has 0 radical (unpaired) electrons. The molecule has 0 aliphatic rings. The Morgan fingerprint density at radius 3 is 2.55 bits per heavy atom. The first-order chi connectivity index (χ1) is 15.0. The summed E-state index contributed by atoms with van der Waals surface area (Å²) in [5, 5.41) is 21.5. The average Bonchev–Trinajstić information content (AvgIpc) is 2.76. The standard InChI is InChI=1S/C24H19BrN2O4/c25-17-7-8-18-19(11-17)20(24(30)27-23(18)29)13-26-12-16-6-9-22(21(28)10-16)31-14-15-4-2-1-3-5-15/h1-11,13,28H,12,14H2,(H2,27,29,30). The summed E-state index contributed by atoms with van der Waals surface area (Å²) in [6.07, 6.45) is 1.51. The second-order valence-electron chi connectivity index (χ2n) is 6.95. The van der Waals surface area contributed by atoms with E-state index in [9.17, 15) is 15.0 Å². The Balaban J connectivity index is 1.50. The van der Waals surface area contributed by atoms with Crippen LogP contribution in [-0.4, -0.2) is 21.4 Å². The zero-order valence-electron chi connectivity index (χ0n) is 16.4. The first-order valence-corrected chi connectivity index (χ1v) is 10.3. The molecule has 1 heterocycles. The molecular weight excluding hydrogens is 460 g/mol. The Hall–Kier alpha value is -3.58. The minimum Gasteiger partial charge on any atom is -0.504 e. The molecule has 156 valence electrons. The molecule has 0 saturated heterocycles. The van der Waals surface area contributed by atoms with Crippen molar-refractivity contribution in [2.75, 3.05) is 0 Å². The molecule has 6 nitrogen and oxygen atoms in total. The van der Waals surface area contributed by atoms with Gasteiger partial charge in [-0.25, -0.2) is 0 Å². The third-order valence-corrected chi connectivity index (χ3v) is 5.25. The second kappa shape index (κ2) is 9.06. The monoisotopic (exact) mass is 478 g/mol. The number of aromatic hydroxyl groups is 2. The lowest BCUT2D eigenvalue weighted by molar-refractivity contribution is 0.289. The highest BCUT2D eigenvalue weighted by Crippen LogP contribution is 2.28. The largest absolute Gasteiger partial charge is 0.504 e. The number of hydrogen-bond donors (Lipinski definition) is 3. The number of nitrogens with one attached hydrogen (secondary N) is 1. The van der Waals surface area contributed by atoms with Crippen molar-refractivity contribution in [2.24, 2.45) is 4.99 Å². The number of hydrogen-bond acceptors (Lipinski definition) is 5. The Bertz CT molecular complexity index is 1320. The van der Waals surface area contributed by atoms with Crippen LogP contribution in [0.5, 0.6) is 17.4 Å². The van der Waals surface area contributed by atoms with Gasteiger partial charge in [-0.05, 0) is 41.5 Å². The summed E-state index contributed by atoms with van der Waals surface area (Å²) in [5.74, 6) is 0.183. The number of aliphatic imine (C=N–C) groups is 1. The van der Waals surface area contributed by atoms with Gasteiger partial charge in [-0.1, -0.05) is 52.3 Å². The molecule has 4 aromatic rings. The molecule has 0 aliphatic heterocycles. The van der Waals surface area contributed by atoms with Crippen LogP contribution in [-0.2, 0) is 13.2 Å². The van der Waals surface area contributed by atoms with E-state index < -0.39 is 0 Å². The number of fused-ring (bicyclic) bond motifs is 1. The minimum absolute atomic E-state index is 0.0323. The molecule has 7 heteroatoms. The van der Waals surface area contributed by atoms with E-state index in [0.29, 0.717) is 28.7 Å². The quantitative estimate of drug-likeness (QED) is 0.343. The van der Waals surface area contributed by atoms with Gasteiger partial charge in [-0.15, -0.1) is 0 Å². The van der Waals surface area contributed by atoms with Crippen LogP contribution in [0.3, 0.4) is 0 Å². The molecule has 0 aliphatic carbocycles. The van der Waals surface area contributed by atoms with Crippen molar-refractivity contribution in [1.82, 2.24) is 4.98 Å². The Kier molecular flexibility index (Phi) is 6.04. The number of rotatable bonds is 6. The third-order valence-electron chi connectivity index (χ3n) is 4.76. The van der Waals surface area contributed by atoms with Crippen molar-refractivity contribution in [1.29, 1.82) is 0 Å². The lowest BCUT2D eigenvalue weighted by atomic mass is 10.1. The van der Waals surface area contributed by atoms with Crippen molar-refractivity contribution >= 4 is 32.9 Å². The number of nitrogens with zero attached hydrogens (tertiary/aromatic N) is 1. The topological polar surface area (TPSA) is 94.9 Å². The smallest absolute Gasteiger partial charge is 0.258 e. The maximum Gasteiger partial charge on any atom is 0.258 e. The molecule has 3 N–H and O–H groups in total. The average molecular weight is 479 g/mol. The zero-order valence-corrected chi connectivity index (χ0v) is 18.0. The van der Waals surface area contributed by atoms with Crippen LogP contribution in [0.4, 0.5) is 0 Å². The Morgan fingerprint density at radius 1 is 0.968 bits per heavy atom. The minimum atomic E-state index is -0.367. The maximum atomic E-state index is 12.1. The molecule has 31 heavy (non-hydrogen) atoms. The Labute approximate surface area is 186 Å². The first-order valence-electron chi connectivity index (χ1n) is 9.54.